The summed E-state index contributed by atoms with van der Waals surface area (Å²) in [6, 6.07) is 29.0. The minimum absolute atomic E-state index is 0.226. The molecule has 2 unspecified atom stereocenters. The summed E-state index contributed by atoms with van der Waals surface area (Å²) >= 11 is 0. The third-order valence-corrected chi connectivity index (χ3v) is 8.10. The largest absolute Gasteiger partial charge is 0.491 e. The molecule has 38 heavy (non-hydrogen) atoms. The van der Waals surface area contributed by atoms with E-state index < -0.39 is 5.41 Å². The van der Waals surface area contributed by atoms with Gasteiger partial charge in [-0.05, 0) is 76.9 Å². The Morgan fingerprint density at radius 3 is 1.74 bits per heavy atom. The first kappa shape index (κ1) is 23.5. The van der Waals surface area contributed by atoms with Crippen LogP contribution in [0.3, 0.4) is 0 Å². The van der Waals surface area contributed by atoms with Crippen LogP contribution in [-0.2, 0) is 14.9 Å². The second-order valence-electron chi connectivity index (χ2n) is 10.8. The molecule has 2 fully saturated rings. The van der Waals surface area contributed by atoms with Crippen LogP contribution in [0.4, 0.5) is 0 Å². The average molecular weight is 505 g/mol. The maximum atomic E-state index is 6.22. The molecular weight excluding hydrogens is 472 g/mol. The highest BCUT2D eigenvalue weighted by Gasteiger charge is 2.46. The van der Waals surface area contributed by atoms with Gasteiger partial charge in [0.1, 0.15) is 36.9 Å². The Bertz CT molecular complexity index is 1460. The van der Waals surface area contributed by atoms with Crippen LogP contribution in [0.1, 0.15) is 38.9 Å². The van der Waals surface area contributed by atoms with Crippen LogP contribution < -0.4 is 9.47 Å². The molecule has 2 saturated heterocycles. The number of benzene rings is 4. The first-order valence-electron chi connectivity index (χ1n) is 13.5. The van der Waals surface area contributed by atoms with E-state index in [4.69, 9.17) is 18.9 Å². The number of aryl methyl sites for hydroxylation is 3. The number of hydrogen-bond acceptors (Lipinski definition) is 4. The minimum Gasteiger partial charge on any atom is -0.491 e. The van der Waals surface area contributed by atoms with Gasteiger partial charge in [-0.25, -0.2) is 0 Å². The SMILES string of the molecule is Cc1cc(C2(c3cc(C)c(OCC4CO4)c(C)c3)c3ccccc3-c3ccccc32)ccc1OCC1CO1. The van der Waals surface area contributed by atoms with Crippen molar-refractivity contribution in [3.05, 3.63) is 118 Å². The van der Waals surface area contributed by atoms with Crippen molar-refractivity contribution in [1.29, 1.82) is 0 Å². The zero-order valence-electron chi connectivity index (χ0n) is 22.1. The summed E-state index contributed by atoms with van der Waals surface area (Å²) < 4.78 is 23.1. The predicted molar refractivity (Wildman–Crippen MR) is 148 cm³/mol. The Hall–Kier alpha value is -3.60. The molecule has 0 bridgehead atoms. The third-order valence-electron chi connectivity index (χ3n) is 8.10. The first-order chi connectivity index (χ1) is 18.6. The molecule has 0 spiro atoms. The molecule has 0 radical (unpaired) electrons. The van der Waals surface area contributed by atoms with Gasteiger partial charge in [0.25, 0.3) is 0 Å². The fourth-order valence-corrected chi connectivity index (χ4v) is 6.15. The second-order valence-corrected chi connectivity index (χ2v) is 10.8. The summed E-state index contributed by atoms with van der Waals surface area (Å²) in [5.74, 6) is 1.87. The van der Waals surface area contributed by atoms with Crippen LogP contribution in [-0.4, -0.2) is 38.6 Å². The lowest BCUT2D eigenvalue weighted by atomic mass is 9.67. The van der Waals surface area contributed by atoms with Gasteiger partial charge in [-0.1, -0.05) is 72.8 Å². The van der Waals surface area contributed by atoms with Crippen molar-refractivity contribution in [2.24, 2.45) is 0 Å². The van der Waals surface area contributed by atoms with E-state index in [2.05, 4.69) is 99.6 Å². The van der Waals surface area contributed by atoms with Crippen molar-refractivity contribution in [2.75, 3.05) is 26.4 Å². The van der Waals surface area contributed by atoms with Crippen LogP contribution in [0.2, 0.25) is 0 Å². The average Bonchev–Trinajstić information content (AvgIpc) is 3.86. The lowest BCUT2D eigenvalue weighted by Gasteiger charge is -2.35. The summed E-state index contributed by atoms with van der Waals surface area (Å²) in [7, 11) is 0. The smallest absolute Gasteiger partial charge is 0.125 e. The number of ether oxygens (including phenoxy) is 4. The number of fused-ring (bicyclic) bond motifs is 3. The minimum atomic E-state index is -0.455. The van der Waals surface area contributed by atoms with E-state index in [9.17, 15) is 0 Å². The van der Waals surface area contributed by atoms with E-state index in [1.807, 2.05) is 0 Å². The van der Waals surface area contributed by atoms with Crippen molar-refractivity contribution in [1.82, 2.24) is 0 Å². The summed E-state index contributed by atoms with van der Waals surface area (Å²) in [6.07, 6.45) is 0.454. The Morgan fingerprint density at radius 1 is 0.658 bits per heavy atom. The summed E-state index contributed by atoms with van der Waals surface area (Å²) in [5.41, 5.74) is 10.6. The summed E-state index contributed by atoms with van der Waals surface area (Å²) in [5, 5.41) is 0. The van der Waals surface area contributed by atoms with Gasteiger partial charge >= 0.3 is 0 Å². The molecule has 4 aromatic carbocycles. The van der Waals surface area contributed by atoms with Crippen LogP contribution in [0.15, 0.2) is 78.9 Å². The van der Waals surface area contributed by atoms with Crippen molar-refractivity contribution in [3.8, 4) is 22.6 Å². The molecule has 0 aromatic heterocycles. The summed E-state index contributed by atoms with van der Waals surface area (Å²) in [6.45, 7) is 9.23. The first-order valence-corrected chi connectivity index (χ1v) is 13.5. The highest BCUT2D eigenvalue weighted by molar-refractivity contribution is 5.86. The summed E-state index contributed by atoms with van der Waals surface area (Å²) in [4.78, 5) is 0. The van der Waals surface area contributed by atoms with Crippen LogP contribution in [0.5, 0.6) is 11.5 Å². The molecule has 2 atom stereocenters. The maximum absolute atomic E-state index is 6.22. The molecule has 0 amide bonds. The van der Waals surface area contributed by atoms with E-state index >= 15 is 0 Å². The van der Waals surface area contributed by atoms with Crippen molar-refractivity contribution in [2.45, 2.75) is 38.4 Å². The molecule has 0 N–H and O–H groups in total. The standard InChI is InChI=1S/C34H32O4/c1-21-14-24(12-13-32(21)37-19-26-17-35-26)34(25-15-22(2)33(23(3)16-25)38-20-27-18-36-27)30-10-6-4-8-28(30)29-9-5-7-11-31(29)34/h4-16,26-27H,17-20H2,1-3H3. The van der Waals surface area contributed by atoms with E-state index in [0.717, 1.165) is 41.4 Å². The fourth-order valence-electron chi connectivity index (χ4n) is 6.15. The Labute approximate surface area is 224 Å². The molecule has 4 aromatic rings. The van der Waals surface area contributed by atoms with E-state index in [-0.39, 0.29) is 12.2 Å². The van der Waals surface area contributed by atoms with Gasteiger partial charge in [-0.15, -0.1) is 0 Å². The highest BCUT2D eigenvalue weighted by atomic mass is 16.6. The molecule has 7 rings (SSSR count). The fraction of sp³-hybridized carbons (Fsp3) is 0.294. The normalized spacial score (nSPS) is 20.0. The van der Waals surface area contributed by atoms with E-state index in [1.165, 1.54) is 33.4 Å². The molecule has 2 heterocycles. The Kier molecular flexibility index (Phi) is 5.57. The second kappa shape index (κ2) is 9.00. The molecule has 4 heteroatoms. The van der Waals surface area contributed by atoms with Gasteiger partial charge in [0, 0.05) is 0 Å². The third kappa shape index (κ3) is 3.82. The Balaban J connectivity index is 1.43. The van der Waals surface area contributed by atoms with Gasteiger partial charge in [0.15, 0.2) is 0 Å². The molecule has 1 aliphatic carbocycles. The van der Waals surface area contributed by atoms with Gasteiger partial charge in [0.2, 0.25) is 0 Å². The quantitative estimate of drug-likeness (QED) is 0.225. The zero-order valence-corrected chi connectivity index (χ0v) is 22.1. The van der Waals surface area contributed by atoms with E-state index in [0.29, 0.717) is 13.2 Å². The number of epoxide rings is 2. The maximum Gasteiger partial charge on any atom is 0.125 e. The topological polar surface area (TPSA) is 43.5 Å². The van der Waals surface area contributed by atoms with Gasteiger partial charge in [-0.3, -0.25) is 0 Å². The van der Waals surface area contributed by atoms with Crippen LogP contribution in [0.25, 0.3) is 11.1 Å². The van der Waals surface area contributed by atoms with Crippen molar-refractivity contribution >= 4 is 0 Å². The van der Waals surface area contributed by atoms with Crippen molar-refractivity contribution < 1.29 is 18.9 Å². The van der Waals surface area contributed by atoms with Crippen LogP contribution >= 0.6 is 0 Å². The van der Waals surface area contributed by atoms with Gasteiger partial charge in [-0.2, -0.15) is 0 Å². The number of hydrogen-bond donors (Lipinski definition) is 0. The van der Waals surface area contributed by atoms with Gasteiger partial charge < -0.3 is 18.9 Å². The van der Waals surface area contributed by atoms with Gasteiger partial charge in [0.05, 0.1) is 18.6 Å². The Morgan fingerprint density at radius 2 is 1.18 bits per heavy atom. The lowest BCUT2D eigenvalue weighted by molar-refractivity contribution is 0.260. The number of rotatable bonds is 8. The predicted octanol–water partition coefficient (Wildman–Crippen LogP) is 6.53. The van der Waals surface area contributed by atoms with Crippen LogP contribution in [0, 0.1) is 20.8 Å². The molecule has 3 aliphatic rings. The molecule has 4 nitrogen and oxygen atoms in total. The monoisotopic (exact) mass is 504 g/mol. The highest BCUT2D eigenvalue weighted by Crippen LogP contribution is 2.56. The zero-order chi connectivity index (χ0) is 25.9. The van der Waals surface area contributed by atoms with Crippen molar-refractivity contribution in [3.63, 3.8) is 0 Å². The molecule has 192 valence electrons. The molecule has 0 saturated carbocycles. The molecule has 2 aliphatic heterocycles. The van der Waals surface area contributed by atoms with E-state index in [1.54, 1.807) is 0 Å². The lowest BCUT2D eigenvalue weighted by Crippen LogP contribution is -2.29. The molecular formula is C34H32O4.